The standard InChI is InChI=1S/C20H23ClN6/c1-20(2,3)27-12-14-9-15(27)11-26(14)19-24-16(10-18-23-6-7-25(18)19)13-4-5-22-17(21)8-13/h4-8,10,14-15H,9,11-12H2,1-3H3/t14-,15-/m0/s1. The van der Waals surface area contributed by atoms with Crippen LogP contribution in [0.4, 0.5) is 5.95 Å². The fourth-order valence-electron chi connectivity index (χ4n) is 4.55. The van der Waals surface area contributed by atoms with Crippen molar-refractivity contribution in [3.05, 3.63) is 41.9 Å². The first-order valence-electron chi connectivity index (χ1n) is 9.39. The van der Waals surface area contributed by atoms with Gasteiger partial charge in [0.05, 0.1) is 5.69 Å². The van der Waals surface area contributed by atoms with Crippen molar-refractivity contribution < 1.29 is 0 Å². The number of fused-ring (bicyclic) bond motifs is 3. The molecule has 2 fully saturated rings. The number of hydrogen-bond acceptors (Lipinski definition) is 5. The van der Waals surface area contributed by atoms with E-state index in [0.717, 1.165) is 35.9 Å². The number of nitrogens with zero attached hydrogens (tertiary/aromatic N) is 6. The molecule has 2 aliphatic rings. The lowest BCUT2D eigenvalue weighted by Gasteiger charge is -2.42. The van der Waals surface area contributed by atoms with Crippen molar-refractivity contribution >= 4 is 23.2 Å². The average Bonchev–Trinajstić information content (AvgIpc) is 3.35. The van der Waals surface area contributed by atoms with Crippen molar-refractivity contribution in [3.63, 3.8) is 0 Å². The van der Waals surface area contributed by atoms with E-state index in [9.17, 15) is 0 Å². The van der Waals surface area contributed by atoms with Crippen LogP contribution < -0.4 is 4.90 Å². The molecule has 27 heavy (non-hydrogen) atoms. The predicted molar refractivity (Wildman–Crippen MR) is 107 cm³/mol. The maximum atomic E-state index is 6.09. The van der Waals surface area contributed by atoms with Crippen molar-refractivity contribution in [3.8, 4) is 11.3 Å². The highest BCUT2D eigenvalue weighted by atomic mass is 35.5. The second-order valence-corrected chi connectivity index (χ2v) is 8.87. The van der Waals surface area contributed by atoms with Gasteiger partial charge in [0.25, 0.3) is 0 Å². The van der Waals surface area contributed by atoms with E-state index >= 15 is 0 Å². The minimum Gasteiger partial charge on any atom is -0.336 e. The maximum Gasteiger partial charge on any atom is 0.212 e. The summed E-state index contributed by atoms with van der Waals surface area (Å²) >= 11 is 6.09. The van der Waals surface area contributed by atoms with Gasteiger partial charge in [-0.25, -0.2) is 15.0 Å². The molecule has 2 saturated heterocycles. The summed E-state index contributed by atoms with van der Waals surface area (Å²) in [6.45, 7) is 8.99. The Bertz CT molecular complexity index is 1010. The molecule has 2 atom stereocenters. The van der Waals surface area contributed by atoms with E-state index in [1.54, 1.807) is 6.20 Å². The van der Waals surface area contributed by atoms with E-state index in [-0.39, 0.29) is 5.54 Å². The molecule has 0 spiro atoms. The van der Waals surface area contributed by atoms with Crippen LogP contribution in [0.25, 0.3) is 16.9 Å². The van der Waals surface area contributed by atoms with Crippen LogP contribution >= 0.6 is 11.6 Å². The zero-order valence-electron chi connectivity index (χ0n) is 15.8. The van der Waals surface area contributed by atoms with E-state index in [4.69, 9.17) is 16.6 Å². The minimum atomic E-state index is 0.207. The summed E-state index contributed by atoms with van der Waals surface area (Å²) in [5.74, 6) is 0.967. The van der Waals surface area contributed by atoms with Crippen molar-refractivity contribution in [1.29, 1.82) is 0 Å². The van der Waals surface area contributed by atoms with Crippen LogP contribution in [0.1, 0.15) is 27.2 Å². The summed E-state index contributed by atoms with van der Waals surface area (Å²) < 4.78 is 2.09. The van der Waals surface area contributed by atoms with Crippen LogP contribution in [0.3, 0.4) is 0 Å². The number of pyridine rings is 1. The number of halogens is 1. The second kappa shape index (κ2) is 5.91. The molecular formula is C20H23ClN6. The van der Waals surface area contributed by atoms with Crippen LogP contribution in [0.5, 0.6) is 0 Å². The van der Waals surface area contributed by atoms with Gasteiger partial charge in [0.15, 0.2) is 0 Å². The third-order valence-corrected chi connectivity index (χ3v) is 5.96. The zero-order valence-corrected chi connectivity index (χ0v) is 16.6. The number of rotatable bonds is 2. The normalized spacial score (nSPS) is 22.9. The predicted octanol–water partition coefficient (Wildman–Crippen LogP) is 3.51. The molecular weight excluding hydrogens is 360 g/mol. The zero-order chi connectivity index (χ0) is 18.8. The third kappa shape index (κ3) is 2.78. The first-order valence-corrected chi connectivity index (χ1v) is 9.77. The lowest BCUT2D eigenvalue weighted by molar-refractivity contribution is 0.112. The molecule has 0 aromatic carbocycles. The monoisotopic (exact) mass is 382 g/mol. The molecule has 0 aliphatic carbocycles. The van der Waals surface area contributed by atoms with Crippen LogP contribution in [-0.4, -0.2) is 55.0 Å². The van der Waals surface area contributed by atoms with Gasteiger partial charge in [0.2, 0.25) is 5.95 Å². The molecule has 0 radical (unpaired) electrons. The van der Waals surface area contributed by atoms with E-state index in [2.05, 4.69) is 44.9 Å². The number of imidazole rings is 1. The quantitative estimate of drug-likeness (QED) is 0.635. The molecule has 3 aromatic rings. The number of likely N-dealkylation sites (tertiary alicyclic amines) is 1. The largest absolute Gasteiger partial charge is 0.336 e. The molecule has 2 aliphatic heterocycles. The first-order chi connectivity index (χ1) is 12.9. The molecule has 140 valence electrons. The number of hydrogen-bond donors (Lipinski definition) is 0. The molecule has 2 bridgehead atoms. The Hall–Kier alpha value is -2.18. The van der Waals surface area contributed by atoms with Crippen molar-refractivity contribution in [2.45, 2.75) is 44.8 Å². The number of anilines is 1. The molecule has 5 heterocycles. The Morgan fingerprint density at radius 1 is 1.07 bits per heavy atom. The van der Waals surface area contributed by atoms with Crippen molar-refractivity contribution in [1.82, 2.24) is 24.3 Å². The highest BCUT2D eigenvalue weighted by Crippen LogP contribution is 2.38. The molecule has 6 nitrogen and oxygen atoms in total. The Labute approximate surface area is 163 Å². The van der Waals surface area contributed by atoms with Gasteiger partial charge in [-0.3, -0.25) is 9.30 Å². The fraction of sp³-hybridized carbons (Fsp3) is 0.450. The summed E-state index contributed by atoms with van der Waals surface area (Å²) in [4.78, 5) is 18.7. The Morgan fingerprint density at radius 3 is 2.63 bits per heavy atom. The first kappa shape index (κ1) is 17.0. The summed E-state index contributed by atoms with van der Waals surface area (Å²) in [7, 11) is 0. The second-order valence-electron chi connectivity index (χ2n) is 8.48. The van der Waals surface area contributed by atoms with E-state index in [1.165, 1.54) is 6.42 Å². The molecule has 0 N–H and O–H groups in total. The lowest BCUT2D eigenvalue weighted by Crippen LogP contribution is -2.54. The van der Waals surface area contributed by atoms with Crippen LogP contribution in [0, 0.1) is 0 Å². The van der Waals surface area contributed by atoms with Gasteiger partial charge < -0.3 is 4.90 Å². The molecule has 0 amide bonds. The molecule has 7 heteroatoms. The SMILES string of the molecule is CC(C)(C)N1C[C@@H]2C[C@H]1CN2c1nc(-c2ccnc(Cl)c2)cc2nccn12. The Kier molecular flexibility index (Phi) is 3.71. The molecule has 0 unspecified atom stereocenters. The third-order valence-electron chi connectivity index (χ3n) is 5.75. The van der Waals surface area contributed by atoms with Gasteiger partial charge in [0, 0.05) is 60.9 Å². The number of aromatic nitrogens is 4. The average molecular weight is 383 g/mol. The van der Waals surface area contributed by atoms with Crippen LogP contribution in [-0.2, 0) is 0 Å². The number of piperazine rings is 1. The minimum absolute atomic E-state index is 0.207. The van der Waals surface area contributed by atoms with Gasteiger partial charge >= 0.3 is 0 Å². The van der Waals surface area contributed by atoms with E-state index in [0.29, 0.717) is 17.2 Å². The summed E-state index contributed by atoms with van der Waals surface area (Å²) in [6.07, 6.45) is 6.74. The van der Waals surface area contributed by atoms with Crippen molar-refractivity contribution in [2.24, 2.45) is 0 Å². The van der Waals surface area contributed by atoms with Crippen LogP contribution in [0.15, 0.2) is 36.8 Å². The Morgan fingerprint density at radius 2 is 1.93 bits per heavy atom. The van der Waals surface area contributed by atoms with E-state index in [1.807, 2.05) is 30.6 Å². The lowest BCUT2D eigenvalue weighted by atomic mass is 10.0. The summed E-state index contributed by atoms with van der Waals surface area (Å²) in [6, 6.07) is 6.86. The van der Waals surface area contributed by atoms with Gasteiger partial charge in [-0.1, -0.05) is 11.6 Å². The van der Waals surface area contributed by atoms with Crippen molar-refractivity contribution in [2.75, 3.05) is 18.0 Å². The van der Waals surface area contributed by atoms with Crippen LogP contribution in [0.2, 0.25) is 5.15 Å². The molecule has 0 saturated carbocycles. The summed E-state index contributed by atoms with van der Waals surface area (Å²) in [5, 5.41) is 0.472. The fourth-order valence-corrected chi connectivity index (χ4v) is 4.73. The van der Waals surface area contributed by atoms with Gasteiger partial charge in [-0.15, -0.1) is 0 Å². The molecule has 3 aromatic heterocycles. The van der Waals surface area contributed by atoms with E-state index < -0.39 is 0 Å². The molecule has 5 rings (SSSR count). The summed E-state index contributed by atoms with van der Waals surface area (Å²) in [5.41, 5.74) is 2.95. The Balaban J connectivity index is 1.56. The van der Waals surface area contributed by atoms with Gasteiger partial charge in [-0.05, 0) is 39.3 Å². The highest BCUT2D eigenvalue weighted by molar-refractivity contribution is 6.29. The highest BCUT2D eigenvalue weighted by Gasteiger charge is 2.47. The van der Waals surface area contributed by atoms with Gasteiger partial charge in [0.1, 0.15) is 10.8 Å². The topological polar surface area (TPSA) is 49.6 Å². The maximum absolute atomic E-state index is 6.09. The smallest absolute Gasteiger partial charge is 0.212 e. The van der Waals surface area contributed by atoms with Gasteiger partial charge in [-0.2, -0.15) is 0 Å².